The molecule has 20 atom stereocenters. The molecule has 4 heterocycles. The van der Waals surface area contributed by atoms with E-state index in [0.29, 0.717) is 0 Å². The van der Waals surface area contributed by atoms with Gasteiger partial charge >= 0.3 is 0 Å². The second kappa shape index (κ2) is 17.4. The summed E-state index contributed by atoms with van der Waals surface area (Å²) in [7, 11) is 0. The van der Waals surface area contributed by atoms with Crippen molar-refractivity contribution in [1.82, 2.24) is 10.6 Å². The molecule has 0 saturated carbocycles. The lowest BCUT2D eigenvalue weighted by Gasteiger charge is -2.49. The molecule has 0 spiro atoms. The largest absolute Gasteiger partial charge is 0.394 e. The van der Waals surface area contributed by atoms with E-state index in [2.05, 4.69) is 10.6 Å². The van der Waals surface area contributed by atoms with Crippen LogP contribution in [0.25, 0.3) is 0 Å². The molecular weight excluding hydrogens is 684 g/mol. The zero-order valence-corrected chi connectivity index (χ0v) is 27.3. The molecule has 0 aromatic heterocycles. The Morgan fingerprint density at radius 2 is 0.900 bits per heavy atom. The van der Waals surface area contributed by atoms with Gasteiger partial charge in [-0.1, -0.05) is 0 Å². The standard InChI is InChI=1S/C28H48N2O20/c1-7-15(36)13(29-8(2)34)19(40)26(44-7)49-23-17(38)12(6-33)47-28(21(23)42)50-24-18(39)11(5-32)46-27(20(24)41)48-22-14(30-9(3)35)25(43)45-10(4-31)16(22)37/h7,10-28,31-33,36-43H,4-6H2,1-3H3,(H,29,34)(H,30,35)/t7-,10-,11-,12-,13+,14-,15+,16-,17-,18-,19-,20-,21+,22-,23+,24+,25-,26-,27+,28+/m1/s1. The molecule has 50 heavy (non-hydrogen) atoms. The second-order valence-electron chi connectivity index (χ2n) is 12.6. The number of carbonyl (C=O) groups excluding carboxylic acids is 2. The van der Waals surface area contributed by atoms with Gasteiger partial charge in [-0.05, 0) is 6.92 Å². The smallest absolute Gasteiger partial charge is 0.217 e. The van der Waals surface area contributed by atoms with Crippen molar-refractivity contribution in [2.45, 2.75) is 143 Å². The van der Waals surface area contributed by atoms with Gasteiger partial charge in [0, 0.05) is 13.8 Å². The molecule has 22 nitrogen and oxygen atoms in total. The van der Waals surface area contributed by atoms with Gasteiger partial charge in [0.1, 0.15) is 85.4 Å². The highest BCUT2D eigenvalue weighted by atomic mass is 16.8. The van der Waals surface area contributed by atoms with E-state index < -0.39 is 154 Å². The normalized spacial score (nSPS) is 48.5. The SMILES string of the molecule is CC(=O)N[C@H]1[C@@H](O)[C@@H](C)O[C@H](O[C@@H]2[C@H](O)[C@H](O[C@@H]3[C@@H](O)[C@H](O[C@H]4[C@H](O)[C@@H](CO)O[C@@H](O)[C@@H]4NC(C)=O)O[C@H](CO)[C@H]3O)O[C@H](CO)[C@H]2O)[C@@H]1O. The number of hydrogen-bond acceptors (Lipinski definition) is 20. The molecule has 0 unspecified atom stereocenters. The Morgan fingerprint density at radius 3 is 1.34 bits per heavy atom. The summed E-state index contributed by atoms with van der Waals surface area (Å²) in [6.45, 7) is 1.08. The van der Waals surface area contributed by atoms with E-state index in [1.807, 2.05) is 0 Å². The summed E-state index contributed by atoms with van der Waals surface area (Å²) in [6, 6.07) is -2.76. The van der Waals surface area contributed by atoms with Crippen molar-refractivity contribution in [2.24, 2.45) is 0 Å². The third kappa shape index (κ3) is 8.70. The molecule has 13 N–H and O–H groups in total. The van der Waals surface area contributed by atoms with E-state index in [0.717, 1.165) is 13.8 Å². The molecule has 0 radical (unpaired) electrons. The average Bonchev–Trinajstić information content (AvgIpc) is 3.06. The predicted octanol–water partition coefficient (Wildman–Crippen LogP) is -8.43. The fourth-order valence-electron chi connectivity index (χ4n) is 6.31. The predicted molar refractivity (Wildman–Crippen MR) is 156 cm³/mol. The van der Waals surface area contributed by atoms with Crippen molar-refractivity contribution in [3.8, 4) is 0 Å². The Labute approximate surface area is 285 Å². The monoisotopic (exact) mass is 732 g/mol. The van der Waals surface area contributed by atoms with Crippen LogP contribution in [0.5, 0.6) is 0 Å². The Morgan fingerprint density at radius 1 is 0.520 bits per heavy atom. The highest BCUT2D eigenvalue weighted by Crippen LogP contribution is 2.34. The van der Waals surface area contributed by atoms with E-state index >= 15 is 0 Å². The van der Waals surface area contributed by atoms with Crippen LogP contribution in [0.15, 0.2) is 0 Å². The van der Waals surface area contributed by atoms with Gasteiger partial charge in [0.15, 0.2) is 25.2 Å². The summed E-state index contributed by atoms with van der Waals surface area (Å²) in [5.74, 6) is -1.28. The highest BCUT2D eigenvalue weighted by molar-refractivity contribution is 5.73. The van der Waals surface area contributed by atoms with Crippen LogP contribution in [0.1, 0.15) is 20.8 Å². The minimum atomic E-state index is -2.04. The summed E-state index contributed by atoms with van der Waals surface area (Å²) in [6.07, 6.45) is -30.6. The van der Waals surface area contributed by atoms with E-state index in [1.165, 1.54) is 6.92 Å². The van der Waals surface area contributed by atoms with Crippen molar-refractivity contribution >= 4 is 11.8 Å². The minimum absolute atomic E-state index is 0.598. The lowest BCUT2D eigenvalue weighted by atomic mass is 9.94. The van der Waals surface area contributed by atoms with Gasteiger partial charge in [0.2, 0.25) is 11.8 Å². The molecule has 4 aliphatic rings. The molecule has 4 aliphatic heterocycles. The van der Waals surface area contributed by atoms with Gasteiger partial charge in [-0.3, -0.25) is 9.59 Å². The third-order valence-electron chi connectivity index (χ3n) is 8.97. The quantitative estimate of drug-likeness (QED) is 0.0938. The van der Waals surface area contributed by atoms with Gasteiger partial charge in [-0.25, -0.2) is 0 Å². The van der Waals surface area contributed by atoms with Crippen LogP contribution in [0, 0.1) is 0 Å². The summed E-state index contributed by atoms with van der Waals surface area (Å²) >= 11 is 0. The molecule has 22 heteroatoms. The number of aliphatic hydroxyl groups excluding tert-OH is 11. The van der Waals surface area contributed by atoms with Gasteiger partial charge in [-0.15, -0.1) is 0 Å². The van der Waals surface area contributed by atoms with E-state index in [-0.39, 0.29) is 0 Å². The van der Waals surface area contributed by atoms with Crippen molar-refractivity contribution in [3.05, 3.63) is 0 Å². The molecule has 290 valence electrons. The number of carbonyl (C=O) groups is 2. The average molecular weight is 733 g/mol. The number of ether oxygens (including phenoxy) is 7. The number of aliphatic hydroxyl groups is 11. The highest BCUT2D eigenvalue weighted by Gasteiger charge is 2.55. The van der Waals surface area contributed by atoms with Crippen LogP contribution in [0.3, 0.4) is 0 Å². The van der Waals surface area contributed by atoms with Crippen LogP contribution in [0.2, 0.25) is 0 Å². The zero-order chi connectivity index (χ0) is 37.2. The van der Waals surface area contributed by atoms with Crippen LogP contribution in [-0.4, -0.2) is 211 Å². The second-order valence-corrected chi connectivity index (χ2v) is 12.6. The lowest BCUT2D eigenvalue weighted by molar-refractivity contribution is -0.384. The molecule has 4 saturated heterocycles. The van der Waals surface area contributed by atoms with Gasteiger partial charge < -0.3 is 100.0 Å². The molecular formula is C28H48N2O20. The first-order chi connectivity index (χ1) is 23.5. The van der Waals surface area contributed by atoms with Gasteiger partial charge in [0.25, 0.3) is 0 Å². The first-order valence-corrected chi connectivity index (χ1v) is 15.9. The number of nitrogens with one attached hydrogen (secondary N) is 2. The Bertz CT molecular complexity index is 1130. The Hall–Kier alpha value is -1.78. The lowest BCUT2D eigenvalue weighted by Crippen LogP contribution is -2.69. The minimum Gasteiger partial charge on any atom is -0.394 e. The van der Waals surface area contributed by atoms with Crippen molar-refractivity contribution in [2.75, 3.05) is 19.8 Å². The van der Waals surface area contributed by atoms with Gasteiger partial charge in [-0.2, -0.15) is 0 Å². The van der Waals surface area contributed by atoms with E-state index in [4.69, 9.17) is 33.2 Å². The summed E-state index contributed by atoms with van der Waals surface area (Å²) in [4.78, 5) is 23.5. The van der Waals surface area contributed by atoms with Crippen molar-refractivity contribution in [3.63, 3.8) is 0 Å². The van der Waals surface area contributed by atoms with Crippen LogP contribution >= 0.6 is 0 Å². The molecule has 4 fully saturated rings. The molecule has 0 aliphatic carbocycles. The maximum absolute atomic E-state index is 11.8. The Kier molecular flexibility index (Phi) is 14.2. The topological polar surface area (TPSA) is 345 Å². The van der Waals surface area contributed by atoms with Gasteiger partial charge in [0.05, 0.1) is 32.0 Å². The van der Waals surface area contributed by atoms with Crippen molar-refractivity contribution < 1.29 is 98.9 Å². The van der Waals surface area contributed by atoms with Crippen LogP contribution in [0.4, 0.5) is 0 Å². The third-order valence-corrected chi connectivity index (χ3v) is 8.97. The fraction of sp³-hybridized carbons (Fsp3) is 0.929. The molecule has 0 aromatic carbocycles. The first-order valence-electron chi connectivity index (χ1n) is 15.9. The van der Waals surface area contributed by atoms with E-state index in [9.17, 15) is 65.8 Å². The summed E-state index contributed by atoms with van der Waals surface area (Å²) in [5, 5.41) is 121. The number of amides is 2. The van der Waals surface area contributed by atoms with E-state index in [1.54, 1.807) is 0 Å². The first kappa shape index (κ1) is 41.0. The molecule has 0 bridgehead atoms. The number of rotatable bonds is 11. The van der Waals surface area contributed by atoms with Crippen molar-refractivity contribution in [1.29, 1.82) is 0 Å². The van der Waals surface area contributed by atoms with Crippen LogP contribution < -0.4 is 10.6 Å². The zero-order valence-electron chi connectivity index (χ0n) is 27.3. The molecule has 0 aromatic rings. The number of hydrogen-bond donors (Lipinski definition) is 13. The molecule has 4 rings (SSSR count). The fourth-order valence-corrected chi connectivity index (χ4v) is 6.31. The maximum Gasteiger partial charge on any atom is 0.217 e. The van der Waals surface area contributed by atoms with Crippen LogP contribution in [-0.2, 0) is 42.7 Å². The molecule has 2 amide bonds. The summed E-state index contributed by atoms with van der Waals surface area (Å²) < 4.78 is 38.9. The Balaban J connectivity index is 1.56. The summed E-state index contributed by atoms with van der Waals surface area (Å²) in [5.41, 5.74) is 0. The maximum atomic E-state index is 11.8.